The van der Waals surface area contributed by atoms with Crippen LogP contribution in [0.4, 0.5) is 0 Å². The van der Waals surface area contributed by atoms with Crippen LogP contribution in [-0.4, -0.2) is 45.6 Å². The quantitative estimate of drug-likeness (QED) is 0.484. The van der Waals surface area contributed by atoms with Gasteiger partial charge in [0.2, 0.25) is 0 Å². The number of hydrogen-bond donors (Lipinski definition) is 1. The molecule has 0 radical (unpaired) electrons. The molecule has 0 rings (SSSR count). The number of ketones is 1. The van der Waals surface area contributed by atoms with Gasteiger partial charge in [-0.25, -0.2) is 0 Å². The van der Waals surface area contributed by atoms with Gasteiger partial charge in [-0.15, -0.1) is 0 Å². The molecule has 0 fully saturated rings. The molecule has 1 unspecified atom stereocenters. The van der Waals surface area contributed by atoms with Crippen molar-refractivity contribution in [3.05, 3.63) is 12.2 Å². The predicted molar refractivity (Wildman–Crippen MR) is 71.3 cm³/mol. The Labute approximate surface area is 110 Å². The highest BCUT2D eigenvalue weighted by atomic mass is 28.4. The molecule has 5 nitrogen and oxygen atoms in total. The van der Waals surface area contributed by atoms with E-state index < -0.39 is 14.9 Å². The van der Waals surface area contributed by atoms with Crippen molar-refractivity contribution in [2.24, 2.45) is 0 Å². The van der Waals surface area contributed by atoms with E-state index in [0.29, 0.717) is 19.8 Å². The third-order valence-corrected chi connectivity index (χ3v) is 5.27. The van der Waals surface area contributed by atoms with Crippen LogP contribution in [0.25, 0.3) is 0 Å². The minimum absolute atomic E-state index is 0.0890. The maximum absolute atomic E-state index is 11.6. The van der Waals surface area contributed by atoms with Crippen molar-refractivity contribution in [3.8, 4) is 0 Å². The van der Waals surface area contributed by atoms with Gasteiger partial charge in [0.15, 0.2) is 5.78 Å². The van der Waals surface area contributed by atoms with Crippen LogP contribution in [-0.2, 0) is 18.1 Å². The number of carbonyl (C=O) groups is 1. The summed E-state index contributed by atoms with van der Waals surface area (Å²) in [5, 5.41) is 9.86. The van der Waals surface area contributed by atoms with Gasteiger partial charge in [0.25, 0.3) is 0 Å². The van der Waals surface area contributed by atoms with Crippen LogP contribution >= 0.6 is 0 Å². The highest BCUT2D eigenvalue weighted by Crippen LogP contribution is 2.19. The summed E-state index contributed by atoms with van der Waals surface area (Å²) in [5.41, 5.74) is 0. The second-order valence-corrected chi connectivity index (χ2v) is 6.24. The molecule has 0 amide bonds. The molecule has 0 aliphatic carbocycles. The second-order valence-electron chi connectivity index (χ2n) is 3.60. The smallest absolute Gasteiger partial charge is 0.385 e. The fraction of sp³-hybridized carbons (Fsp3) is 0.750. The van der Waals surface area contributed by atoms with Crippen molar-refractivity contribution in [1.82, 2.24) is 0 Å². The van der Waals surface area contributed by atoms with E-state index >= 15 is 0 Å². The summed E-state index contributed by atoms with van der Waals surface area (Å²) < 4.78 is 16.7. The summed E-state index contributed by atoms with van der Waals surface area (Å²) >= 11 is 0. The Bertz CT molecular complexity index is 250. The van der Waals surface area contributed by atoms with E-state index in [1.807, 2.05) is 20.8 Å². The first-order valence-electron chi connectivity index (χ1n) is 6.31. The molecule has 18 heavy (non-hydrogen) atoms. The molecule has 0 aromatic rings. The van der Waals surface area contributed by atoms with Gasteiger partial charge < -0.3 is 18.4 Å². The van der Waals surface area contributed by atoms with E-state index in [9.17, 15) is 9.90 Å². The number of aliphatic hydroxyl groups is 1. The maximum Gasteiger partial charge on any atom is 0.504 e. The van der Waals surface area contributed by atoms with Crippen LogP contribution in [0, 0.1) is 0 Å². The molecule has 6 heteroatoms. The normalized spacial score (nSPS) is 14.1. The van der Waals surface area contributed by atoms with Crippen molar-refractivity contribution in [1.29, 1.82) is 0 Å². The molecule has 0 aliphatic rings. The molecule has 0 saturated heterocycles. The molecule has 0 aliphatic heterocycles. The van der Waals surface area contributed by atoms with Crippen LogP contribution in [0.1, 0.15) is 27.7 Å². The van der Waals surface area contributed by atoms with Gasteiger partial charge in [0.05, 0.1) is 6.04 Å². The zero-order valence-electron chi connectivity index (χ0n) is 11.6. The van der Waals surface area contributed by atoms with E-state index in [0.717, 1.165) is 0 Å². The lowest BCUT2D eigenvalue weighted by Crippen LogP contribution is -2.49. The van der Waals surface area contributed by atoms with Gasteiger partial charge in [-0.2, -0.15) is 0 Å². The van der Waals surface area contributed by atoms with E-state index in [4.69, 9.17) is 13.3 Å². The summed E-state index contributed by atoms with van der Waals surface area (Å²) in [6.45, 7) is 8.51. The van der Waals surface area contributed by atoms with E-state index in [-0.39, 0.29) is 11.8 Å². The molecule has 0 bridgehead atoms. The average molecular weight is 276 g/mol. The second kappa shape index (κ2) is 9.40. The molecular weight excluding hydrogens is 252 g/mol. The summed E-state index contributed by atoms with van der Waals surface area (Å²) in [5.74, 6) is -0.353. The number of aliphatic hydroxyl groups excluding tert-OH is 1. The van der Waals surface area contributed by atoms with E-state index in [2.05, 4.69) is 0 Å². The highest BCUT2D eigenvalue weighted by molar-refractivity contribution is 6.61. The summed E-state index contributed by atoms with van der Waals surface area (Å²) in [6, 6.07) is 0.0890. The standard InChI is InChI=1S/C12H24O5Si/c1-5-9-11(13)12(14)10-18(15-6-2,16-7-3)17-8-4/h5,9,12,14H,6-8,10H2,1-4H3. The lowest BCUT2D eigenvalue weighted by Gasteiger charge is -2.29. The Morgan fingerprint density at radius 2 is 1.61 bits per heavy atom. The van der Waals surface area contributed by atoms with Crippen molar-refractivity contribution >= 4 is 14.6 Å². The average Bonchev–Trinajstić information content (AvgIpc) is 2.30. The Morgan fingerprint density at radius 1 is 1.17 bits per heavy atom. The third kappa shape index (κ3) is 5.88. The van der Waals surface area contributed by atoms with E-state index in [1.54, 1.807) is 13.0 Å². The molecule has 106 valence electrons. The fourth-order valence-electron chi connectivity index (χ4n) is 1.57. The Kier molecular flexibility index (Phi) is 9.13. The minimum atomic E-state index is -2.96. The maximum atomic E-state index is 11.6. The third-order valence-electron chi connectivity index (χ3n) is 2.20. The van der Waals surface area contributed by atoms with Crippen molar-refractivity contribution < 1.29 is 23.2 Å². The molecule has 1 N–H and O–H groups in total. The lowest BCUT2D eigenvalue weighted by atomic mass is 10.2. The number of allylic oxidation sites excluding steroid dienone is 1. The lowest BCUT2D eigenvalue weighted by molar-refractivity contribution is -0.122. The zero-order chi connectivity index (χ0) is 14.0. The first kappa shape index (κ1) is 17.5. The van der Waals surface area contributed by atoms with Gasteiger partial charge in [-0.1, -0.05) is 6.08 Å². The van der Waals surface area contributed by atoms with Crippen LogP contribution < -0.4 is 0 Å². The molecule has 1 atom stereocenters. The number of rotatable bonds is 10. The van der Waals surface area contributed by atoms with Crippen molar-refractivity contribution in [2.45, 2.75) is 39.8 Å². The first-order chi connectivity index (χ1) is 8.55. The van der Waals surface area contributed by atoms with Gasteiger partial charge in [-0.3, -0.25) is 4.79 Å². The van der Waals surface area contributed by atoms with Crippen molar-refractivity contribution in [2.75, 3.05) is 19.8 Å². The molecule has 0 aromatic carbocycles. The van der Waals surface area contributed by atoms with Crippen molar-refractivity contribution in [3.63, 3.8) is 0 Å². The molecule has 0 saturated carbocycles. The topological polar surface area (TPSA) is 65.0 Å². The van der Waals surface area contributed by atoms with Crippen LogP contribution in [0.15, 0.2) is 12.2 Å². The summed E-state index contributed by atoms with van der Waals surface area (Å²) in [7, 11) is -2.96. The Balaban J connectivity index is 4.78. The molecule has 0 heterocycles. The number of carbonyl (C=O) groups excluding carboxylic acids is 1. The van der Waals surface area contributed by atoms with Gasteiger partial charge in [-0.05, 0) is 33.8 Å². The zero-order valence-corrected chi connectivity index (χ0v) is 12.6. The predicted octanol–water partition coefficient (Wildman–Crippen LogP) is 1.54. The molecule has 0 spiro atoms. The highest BCUT2D eigenvalue weighted by Gasteiger charge is 2.43. The fourth-order valence-corrected chi connectivity index (χ4v) is 4.17. The Morgan fingerprint density at radius 3 is 1.94 bits per heavy atom. The molecular formula is C12H24O5Si. The van der Waals surface area contributed by atoms with Crippen LogP contribution in [0.3, 0.4) is 0 Å². The van der Waals surface area contributed by atoms with Crippen LogP contribution in [0.5, 0.6) is 0 Å². The SMILES string of the molecule is CC=CC(=O)C(O)C[Si](OCC)(OCC)OCC. The van der Waals surface area contributed by atoms with Gasteiger partial charge >= 0.3 is 8.80 Å². The van der Waals surface area contributed by atoms with Gasteiger partial charge in [0, 0.05) is 19.8 Å². The van der Waals surface area contributed by atoms with E-state index in [1.165, 1.54) is 6.08 Å². The minimum Gasteiger partial charge on any atom is -0.385 e. The summed E-state index contributed by atoms with van der Waals surface area (Å²) in [4.78, 5) is 11.6. The van der Waals surface area contributed by atoms with Crippen LogP contribution in [0.2, 0.25) is 6.04 Å². The first-order valence-corrected chi connectivity index (χ1v) is 8.24. The largest absolute Gasteiger partial charge is 0.504 e. The monoisotopic (exact) mass is 276 g/mol. The Hall–Kier alpha value is -0.533. The van der Waals surface area contributed by atoms with Gasteiger partial charge in [0.1, 0.15) is 6.10 Å². The summed E-state index contributed by atoms with van der Waals surface area (Å²) in [6.07, 6.45) is 1.79. The molecule has 0 aromatic heterocycles. The number of hydrogen-bond acceptors (Lipinski definition) is 5.